The normalized spacial score (nSPS) is 15.7. The summed E-state index contributed by atoms with van der Waals surface area (Å²) in [7, 11) is -3.59. The van der Waals surface area contributed by atoms with E-state index in [0.717, 1.165) is 48.2 Å². The molecule has 0 unspecified atom stereocenters. The molecule has 2 N–H and O–H groups in total. The van der Waals surface area contributed by atoms with Crippen LogP contribution in [0, 0.1) is 25.6 Å². The first-order valence-electron chi connectivity index (χ1n) is 10.1. The number of carbonyl (C=O) groups excluding carboxylic acids is 1. The van der Waals surface area contributed by atoms with E-state index in [9.17, 15) is 17.6 Å². The standard InChI is InChI=1S/C22H28FN3O3S/c1-16-3-8-21(17(2)15-16)25-22(27)24-12-9-18-10-13-26(14-11-18)30(28,29)20-6-4-19(23)5-7-20/h3-8,15,18H,9-14H2,1-2H3,(H2,24,25,27). The summed E-state index contributed by atoms with van der Waals surface area (Å²) in [5.74, 6) is -0.104. The lowest BCUT2D eigenvalue weighted by molar-refractivity contribution is 0.245. The number of amides is 2. The SMILES string of the molecule is Cc1ccc(NC(=O)NCCC2CCN(S(=O)(=O)c3ccc(F)cc3)CC2)c(C)c1. The minimum Gasteiger partial charge on any atom is -0.338 e. The van der Waals surface area contributed by atoms with Crippen LogP contribution in [0.1, 0.15) is 30.4 Å². The number of hydrogen-bond donors (Lipinski definition) is 2. The van der Waals surface area contributed by atoms with Gasteiger partial charge in [-0.3, -0.25) is 0 Å². The van der Waals surface area contributed by atoms with Crippen molar-refractivity contribution in [1.82, 2.24) is 9.62 Å². The molecule has 1 fully saturated rings. The highest BCUT2D eigenvalue weighted by Crippen LogP contribution is 2.25. The number of nitrogens with one attached hydrogen (secondary N) is 2. The molecule has 8 heteroatoms. The van der Waals surface area contributed by atoms with E-state index in [0.29, 0.717) is 25.6 Å². The molecule has 0 aromatic heterocycles. The van der Waals surface area contributed by atoms with E-state index in [4.69, 9.17) is 0 Å². The van der Waals surface area contributed by atoms with Crippen LogP contribution < -0.4 is 10.6 Å². The third-order valence-corrected chi connectivity index (χ3v) is 7.41. The molecule has 0 spiro atoms. The molecule has 0 saturated carbocycles. The Labute approximate surface area is 177 Å². The minimum absolute atomic E-state index is 0.118. The van der Waals surface area contributed by atoms with Crippen molar-refractivity contribution in [1.29, 1.82) is 0 Å². The largest absolute Gasteiger partial charge is 0.338 e. The number of piperidine rings is 1. The van der Waals surface area contributed by atoms with Crippen LogP contribution in [-0.2, 0) is 10.0 Å². The Hall–Kier alpha value is -2.45. The summed E-state index contributed by atoms with van der Waals surface area (Å²) in [6.45, 7) is 5.35. The van der Waals surface area contributed by atoms with Gasteiger partial charge >= 0.3 is 6.03 Å². The molecule has 0 bridgehead atoms. The van der Waals surface area contributed by atoms with Gasteiger partial charge in [0.1, 0.15) is 5.82 Å². The van der Waals surface area contributed by atoms with Crippen LogP contribution >= 0.6 is 0 Å². The lowest BCUT2D eigenvalue weighted by Crippen LogP contribution is -2.39. The number of rotatable bonds is 6. The van der Waals surface area contributed by atoms with Gasteiger partial charge in [-0.05, 0) is 74.9 Å². The highest BCUT2D eigenvalue weighted by Gasteiger charge is 2.29. The van der Waals surface area contributed by atoms with Crippen LogP contribution in [-0.4, -0.2) is 38.4 Å². The Morgan fingerprint density at radius 1 is 1.10 bits per heavy atom. The quantitative estimate of drug-likeness (QED) is 0.721. The number of anilines is 1. The third kappa shape index (κ3) is 5.58. The Bertz CT molecular complexity index is 985. The summed E-state index contributed by atoms with van der Waals surface area (Å²) in [5, 5.41) is 5.74. The predicted octanol–water partition coefficient (Wildman–Crippen LogP) is 4.06. The maximum absolute atomic E-state index is 13.1. The zero-order valence-corrected chi connectivity index (χ0v) is 18.1. The molecule has 0 aliphatic carbocycles. The highest BCUT2D eigenvalue weighted by molar-refractivity contribution is 7.89. The number of urea groups is 1. The van der Waals surface area contributed by atoms with E-state index < -0.39 is 15.8 Å². The highest BCUT2D eigenvalue weighted by atomic mass is 32.2. The maximum Gasteiger partial charge on any atom is 0.319 e. The smallest absolute Gasteiger partial charge is 0.319 e. The van der Waals surface area contributed by atoms with Crippen molar-refractivity contribution in [3.8, 4) is 0 Å². The molecule has 162 valence electrons. The number of hydrogen-bond acceptors (Lipinski definition) is 3. The van der Waals surface area contributed by atoms with Crippen LogP contribution in [0.3, 0.4) is 0 Å². The summed E-state index contributed by atoms with van der Waals surface area (Å²) in [5.41, 5.74) is 2.95. The second kappa shape index (κ2) is 9.57. The van der Waals surface area contributed by atoms with Gasteiger partial charge < -0.3 is 10.6 Å². The number of sulfonamides is 1. The molecule has 1 aliphatic rings. The Balaban J connectivity index is 1.42. The van der Waals surface area contributed by atoms with Crippen LogP contribution in [0.25, 0.3) is 0 Å². The van der Waals surface area contributed by atoms with Crippen molar-refractivity contribution < 1.29 is 17.6 Å². The lowest BCUT2D eigenvalue weighted by Gasteiger charge is -2.31. The van der Waals surface area contributed by atoms with E-state index in [1.165, 1.54) is 16.4 Å². The number of benzene rings is 2. The summed E-state index contributed by atoms with van der Waals surface area (Å²) < 4.78 is 39.9. The molecule has 6 nitrogen and oxygen atoms in total. The third-order valence-electron chi connectivity index (χ3n) is 5.49. The summed E-state index contributed by atoms with van der Waals surface area (Å²) in [4.78, 5) is 12.2. The van der Waals surface area contributed by atoms with Crippen molar-refractivity contribution >= 4 is 21.7 Å². The number of aryl methyl sites for hydroxylation is 2. The van der Waals surface area contributed by atoms with Crippen LogP contribution in [0.5, 0.6) is 0 Å². The van der Waals surface area contributed by atoms with Crippen molar-refractivity contribution in [2.45, 2.75) is 38.0 Å². The molecule has 3 rings (SSSR count). The number of carbonyl (C=O) groups is 1. The van der Waals surface area contributed by atoms with Crippen LogP contribution in [0.15, 0.2) is 47.4 Å². The lowest BCUT2D eigenvalue weighted by atomic mass is 9.95. The van der Waals surface area contributed by atoms with Crippen LogP contribution in [0.2, 0.25) is 0 Å². The molecule has 1 saturated heterocycles. The Morgan fingerprint density at radius 2 is 1.77 bits per heavy atom. The van der Waals surface area contributed by atoms with E-state index in [1.54, 1.807) is 0 Å². The van der Waals surface area contributed by atoms with Crippen LogP contribution in [0.4, 0.5) is 14.9 Å². The Morgan fingerprint density at radius 3 is 2.40 bits per heavy atom. The van der Waals surface area contributed by atoms with Gasteiger partial charge in [0.2, 0.25) is 10.0 Å². The van der Waals surface area contributed by atoms with Crippen molar-refractivity contribution in [2.75, 3.05) is 25.0 Å². The summed E-state index contributed by atoms with van der Waals surface area (Å²) in [6, 6.07) is 10.5. The molecule has 2 aromatic rings. The van der Waals surface area contributed by atoms with Gasteiger partial charge in [0.15, 0.2) is 0 Å². The predicted molar refractivity (Wildman–Crippen MR) is 115 cm³/mol. The summed E-state index contributed by atoms with van der Waals surface area (Å²) >= 11 is 0. The van der Waals surface area contributed by atoms with Gasteiger partial charge in [-0.15, -0.1) is 0 Å². The molecular weight excluding hydrogens is 405 g/mol. The van der Waals surface area contributed by atoms with E-state index in [1.807, 2.05) is 32.0 Å². The average Bonchev–Trinajstić information content (AvgIpc) is 2.71. The summed E-state index contributed by atoms with van der Waals surface area (Å²) in [6.07, 6.45) is 2.27. The van der Waals surface area contributed by atoms with Gasteiger partial charge in [0.25, 0.3) is 0 Å². The van der Waals surface area contributed by atoms with Crippen molar-refractivity contribution in [3.63, 3.8) is 0 Å². The first-order chi connectivity index (χ1) is 14.3. The van der Waals surface area contributed by atoms with E-state index in [2.05, 4.69) is 10.6 Å². The fourth-order valence-electron chi connectivity index (χ4n) is 3.70. The molecule has 1 aliphatic heterocycles. The fourth-order valence-corrected chi connectivity index (χ4v) is 5.17. The number of halogens is 1. The topological polar surface area (TPSA) is 78.5 Å². The molecule has 0 atom stereocenters. The first-order valence-corrected chi connectivity index (χ1v) is 11.6. The average molecular weight is 434 g/mol. The van der Waals surface area contributed by atoms with Crippen molar-refractivity contribution in [2.24, 2.45) is 5.92 Å². The van der Waals surface area contributed by atoms with Gasteiger partial charge in [0.05, 0.1) is 4.90 Å². The molecule has 1 heterocycles. The monoisotopic (exact) mass is 433 g/mol. The Kier molecular flexibility index (Phi) is 7.10. The zero-order valence-electron chi connectivity index (χ0n) is 17.3. The molecule has 2 amide bonds. The minimum atomic E-state index is -3.59. The van der Waals surface area contributed by atoms with Gasteiger partial charge in [-0.2, -0.15) is 4.31 Å². The second-order valence-electron chi connectivity index (χ2n) is 7.79. The van der Waals surface area contributed by atoms with Gasteiger partial charge in [-0.25, -0.2) is 17.6 Å². The van der Waals surface area contributed by atoms with E-state index >= 15 is 0 Å². The van der Waals surface area contributed by atoms with Gasteiger partial charge in [-0.1, -0.05) is 17.7 Å². The maximum atomic E-state index is 13.1. The zero-order chi connectivity index (χ0) is 21.7. The van der Waals surface area contributed by atoms with Crippen molar-refractivity contribution in [3.05, 3.63) is 59.4 Å². The fraction of sp³-hybridized carbons (Fsp3) is 0.409. The molecule has 2 aromatic carbocycles. The molecular formula is C22H28FN3O3S. The first kappa shape index (κ1) is 22.2. The van der Waals surface area contributed by atoms with Gasteiger partial charge in [0, 0.05) is 25.3 Å². The number of nitrogens with zero attached hydrogens (tertiary/aromatic N) is 1. The molecule has 0 radical (unpaired) electrons. The molecule has 30 heavy (non-hydrogen) atoms. The van der Waals surface area contributed by atoms with E-state index in [-0.39, 0.29) is 10.9 Å². The second-order valence-corrected chi connectivity index (χ2v) is 9.73.